The summed E-state index contributed by atoms with van der Waals surface area (Å²) in [5.41, 5.74) is 0.233. The maximum absolute atomic E-state index is 12.0. The maximum atomic E-state index is 12.0. The van der Waals surface area contributed by atoms with Gasteiger partial charge in [0.05, 0.1) is 7.11 Å². The Labute approximate surface area is 115 Å². The van der Waals surface area contributed by atoms with Gasteiger partial charge < -0.3 is 4.74 Å². The van der Waals surface area contributed by atoms with E-state index in [1.54, 1.807) is 18.2 Å². The molecule has 2 aromatic rings. The van der Waals surface area contributed by atoms with Crippen molar-refractivity contribution < 1.29 is 14.3 Å². The van der Waals surface area contributed by atoms with Gasteiger partial charge in [-0.05, 0) is 18.2 Å². The molecule has 0 saturated carbocycles. The van der Waals surface area contributed by atoms with Crippen LogP contribution in [0.5, 0.6) is 5.75 Å². The number of hydrogen-bond acceptors (Lipinski definition) is 6. The first-order valence-electron chi connectivity index (χ1n) is 6.05. The summed E-state index contributed by atoms with van der Waals surface area (Å²) in [5.74, 6) is 0.00905. The number of pyridine rings is 1. The minimum Gasteiger partial charge on any atom is -0.494 e. The second-order valence-electron chi connectivity index (χ2n) is 3.97. The Balaban J connectivity index is 2.01. The molecule has 0 aliphatic rings. The van der Waals surface area contributed by atoms with Crippen LogP contribution in [0.2, 0.25) is 0 Å². The molecule has 0 spiro atoms. The number of rotatable bonds is 6. The molecule has 0 saturated heterocycles. The normalized spacial score (nSPS) is 10.1. The fourth-order valence-corrected chi connectivity index (χ4v) is 1.67. The Hall–Kier alpha value is -2.63. The molecule has 0 aromatic carbocycles. The van der Waals surface area contributed by atoms with Gasteiger partial charge in [-0.2, -0.15) is 0 Å². The van der Waals surface area contributed by atoms with Crippen LogP contribution in [-0.2, 0) is 0 Å². The highest BCUT2D eigenvalue weighted by Crippen LogP contribution is 2.17. The number of Topliss-reactive ketones (excluding diaryl/α,β-unsaturated/α-hetero) is 2. The van der Waals surface area contributed by atoms with Gasteiger partial charge in [-0.25, -0.2) is 15.0 Å². The Morgan fingerprint density at radius 1 is 1.00 bits per heavy atom. The van der Waals surface area contributed by atoms with Gasteiger partial charge in [-0.1, -0.05) is 0 Å². The predicted octanol–water partition coefficient (Wildman–Crippen LogP) is 1.73. The summed E-state index contributed by atoms with van der Waals surface area (Å²) >= 11 is 0. The minimum atomic E-state index is -0.270. The zero-order valence-corrected chi connectivity index (χ0v) is 10.9. The van der Waals surface area contributed by atoms with Crippen LogP contribution in [0.1, 0.15) is 33.9 Å². The smallest absolute Gasteiger partial charge is 0.200 e. The Morgan fingerprint density at radius 3 is 2.35 bits per heavy atom. The first-order chi connectivity index (χ1) is 9.72. The highest BCUT2D eigenvalue weighted by Gasteiger charge is 2.16. The summed E-state index contributed by atoms with van der Waals surface area (Å²) in [4.78, 5) is 35.5. The van der Waals surface area contributed by atoms with Crippen LogP contribution in [0.3, 0.4) is 0 Å². The highest BCUT2D eigenvalue weighted by atomic mass is 16.5. The van der Waals surface area contributed by atoms with E-state index in [1.807, 2.05) is 0 Å². The van der Waals surface area contributed by atoms with Gasteiger partial charge in [0.25, 0.3) is 0 Å². The molecule has 102 valence electrons. The van der Waals surface area contributed by atoms with Crippen LogP contribution in [-0.4, -0.2) is 33.6 Å². The van der Waals surface area contributed by atoms with Gasteiger partial charge in [-0.15, -0.1) is 0 Å². The quantitative estimate of drug-likeness (QED) is 0.744. The van der Waals surface area contributed by atoms with E-state index in [0.29, 0.717) is 5.75 Å². The Kier molecular flexibility index (Phi) is 4.49. The summed E-state index contributed by atoms with van der Waals surface area (Å²) in [5, 5.41) is 0. The molecule has 6 nitrogen and oxygen atoms in total. The molecule has 0 unspecified atom stereocenters. The fourth-order valence-electron chi connectivity index (χ4n) is 1.67. The first-order valence-corrected chi connectivity index (χ1v) is 6.05. The third kappa shape index (κ3) is 3.23. The number of nitrogens with zero attached hydrogens (tertiary/aromatic N) is 3. The summed E-state index contributed by atoms with van der Waals surface area (Å²) in [6.07, 6.45) is 4.58. The van der Waals surface area contributed by atoms with Crippen molar-refractivity contribution in [2.45, 2.75) is 12.8 Å². The van der Waals surface area contributed by atoms with Crippen LogP contribution in [0, 0.1) is 0 Å². The molecular formula is C14H13N3O3. The predicted molar refractivity (Wildman–Crippen MR) is 70.7 cm³/mol. The van der Waals surface area contributed by atoms with Crippen molar-refractivity contribution in [2.75, 3.05) is 7.11 Å². The molecule has 0 aliphatic heterocycles. The van der Waals surface area contributed by atoms with Crippen molar-refractivity contribution in [3.05, 3.63) is 48.3 Å². The van der Waals surface area contributed by atoms with E-state index in [9.17, 15) is 9.59 Å². The molecule has 0 aliphatic carbocycles. The number of ketones is 2. The molecule has 6 heteroatoms. The number of aromatic nitrogens is 3. The number of methoxy groups -OCH3 is 1. The number of carbonyl (C=O) groups is 2. The lowest BCUT2D eigenvalue weighted by atomic mass is 10.1. The minimum absolute atomic E-state index is 0.0442. The molecule has 0 amide bonds. The fraction of sp³-hybridized carbons (Fsp3) is 0.214. The largest absolute Gasteiger partial charge is 0.494 e. The summed E-state index contributed by atoms with van der Waals surface area (Å²) < 4.78 is 5.06. The first kappa shape index (κ1) is 13.8. The lowest BCUT2D eigenvalue weighted by Crippen LogP contribution is -2.10. The van der Waals surface area contributed by atoms with Gasteiger partial charge in [0, 0.05) is 31.4 Å². The lowest BCUT2D eigenvalue weighted by Gasteiger charge is -2.05. The van der Waals surface area contributed by atoms with Crippen molar-refractivity contribution in [3.8, 4) is 5.75 Å². The van der Waals surface area contributed by atoms with Crippen LogP contribution >= 0.6 is 0 Å². The van der Waals surface area contributed by atoms with Gasteiger partial charge >= 0.3 is 0 Å². The summed E-state index contributed by atoms with van der Waals surface area (Å²) in [6, 6.07) is 4.96. The van der Waals surface area contributed by atoms with Crippen molar-refractivity contribution in [1.82, 2.24) is 15.0 Å². The number of ether oxygens (including phenoxy) is 1. The number of hydrogen-bond donors (Lipinski definition) is 0. The van der Waals surface area contributed by atoms with Crippen LogP contribution in [0.15, 0.2) is 36.8 Å². The average Bonchev–Trinajstić information content (AvgIpc) is 2.53. The van der Waals surface area contributed by atoms with E-state index < -0.39 is 0 Å². The Bertz CT molecular complexity index is 614. The molecule has 0 N–H and O–H groups in total. The van der Waals surface area contributed by atoms with Crippen molar-refractivity contribution in [1.29, 1.82) is 0 Å². The van der Waals surface area contributed by atoms with Crippen LogP contribution in [0.4, 0.5) is 0 Å². The topological polar surface area (TPSA) is 82.0 Å². The van der Waals surface area contributed by atoms with Gasteiger partial charge in [0.2, 0.25) is 0 Å². The third-order valence-corrected chi connectivity index (χ3v) is 2.65. The van der Waals surface area contributed by atoms with Gasteiger partial charge in [0.15, 0.2) is 17.4 Å². The van der Waals surface area contributed by atoms with Gasteiger partial charge in [0.1, 0.15) is 11.4 Å². The SMILES string of the molecule is COc1cccnc1C(=O)CCC(=O)c1ncccn1. The molecule has 0 radical (unpaired) electrons. The van der Waals surface area contributed by atoms with Crippen LogP contribution in [0.25, 0.3) is 0 Å². The van der Waals surface area contributed by atoms with Crippen molar-refractivity contribution in [3.63, 3.8) is 0 Å². The highest BCUT2D eigenvalue weighted by molar-refractivity contribution is 6.01. The molecular weight excluding hydrogens is 258 g/mol. The second-order valence-corrected chi connectivity index (χ2v) is 3.97. The zero-order chi connectivity index (χ0) is 14.4. The van der Waals surface area contributed by atoms with Crippen molar-refractivity contribution in [2.24, 2.45) is 0 Å². The molecule has 2 rings (SSSR count). The Morgan fingerprint density at radius 2 is 1.65 bits per heavy atom. The van der Waals surface area contributed by atoms with E-state index in [-0.39, 0.29) is 35.9 Å². The maximum Gasteiger partial charge on any atom is 0.200 e. The van der Waals surface area contributed by atoms with Gasteiger partial charge in [-0.3, -0.25) is 9.59 Å². The molecule has 0 atom stereocenters. The van der Waals surface area contributed by atoms with E-state index in [4.69, 9.17) is 4.74 Å². The van der Waals surface area contributed by atoms with E-state index in [0.717, 1.165) is 0 Å². The molecule has 2 aromatic heterocycles. The van der Waals surface area contributed by atoms with Crippen LogP contribution < -0.4 is 4.74 Å². The summed E-state index contributed by atoms with van der Waals surface area (Å²) in [6.45, 7) is 0. The third-order valence-electron chi connectivity index (χ3n) is 2.65. The number of carbonyl (C=O) groups excluding carboxylic acids is 2. The summed E-state index contributed by atoms with van der Waals surface area (Å²) in [7, 11) is 1.47. The molecule has 0 bridgehead atoms. The van der Waals surface area contributed by atoms with E-state index in [2.05, 4.69) is 15.0 Å². The lowest BCUT2D eigenvalue weighted by molar-refractivity contribution is 0.0908. The molecule has 0 fully saturated rings. The average molecular weight is 271 g/mol. The second kappa shape index (κ2) is 6.51. The van der Waals surface area contributed by atoms with Crippen molar-refractivity contribution >= 4 is 11.6 Å². The zero-order valence-electron chi connectivity index (χ0n) is 10.9. The van der Waals surface area contributed by atoms with E-state index >= 15 is 0 Å². The standard InChI is InChI=1S/C14H13N3O3/c1-20-12-4-2-7-15-13(12)10(18)5-6-11(19)14-16-8-3-9-17-14/h2-4,7-9H,5-6H2,1H3. The monoisotopic (exact) mass is 271 g/mol. The molecule has 20 heavy (non-hydrogen) atoms. The van der Waals surface area contributed by atoms with E-state index in [1.165, 1.54) is 25.7 Å². The molecule has 2 heterocycles.